The van der Waals surface area contributed by atoms with Gasteiger partial charge in [0.2, 0.25) is 0 Å². The van der Waals surface area contributed by atoms with Gasteiger partial charge in [0.25, 0.3) is 0 Å². The molecule has 4 nitrogen and oxygen atoms in total. The molecular weight excluding hydrogens is 226 g/mol. The highest BCUT2D eigenvalue weighted by Crippen LogP contribution is 2.24. The first-order valence-electron chi connectivity index (χ1n) is 6.84. The van der Waals surface area contributed by atoms with Crippen molar-refractivity contribution in [2.24, 2.45) is 0 Å². The van der Waals surface area contributed by atoms with Crippen LogP contribution in [-0.4, -0.2) is 23.6 Å². The fraction of sp³-hybridized carbons (Fsp3) is 0.714. The van der Waals surface area contributed by atoms with Crippen LogP contribution >= 0.6 is 0 Å². The standard InChI is InChI=1S/C14H25N3O/c1-6-9-12(18-8-3)14-16-11(7-2)10(4)13(15-5)17-14/h12H,6-9H2,1-5H3,(H,15,16,17). The summed E-state index contributed by atoms with van der Waals surface area (Å²) in [6, 6.07) is 0. The van der Waals surface area contributed by atoms with Crippen LogP contribution in [-0.2, 0) is 11.2 Å². The minimum Gasteiger partial charge on any atom is -0.373 e. The molecular formula is C14H25N3O. The maximum atomic E-state index is 5.75. The predicted octanol–water partition coefficient (Wildman–Crippen LogP) is 3.27. The van der Waals surface area contributed by atoms with Crippen LogP contribution < -0.4 is 5.32 Å². The Balaban J connectivity index is 3.13. The van der Waals surface area contributed by atoms with Gasteiger partial charge < -0.3 is 10.1 Å². The fourth-order valence-corrected chi connectivity index (χ4v) is 2.06. The molecule has 1 heterocycles. The second-order valence-electron chi connectivity index (χ2n) is 4.34. The second-order valence-corrected chi connectivity index (χ2v) is 4.34. The minimum atomic E-state index is 0.0120. The molecule has 0 fully saturated rings. The topological polar surface area (TPSA) is 47.0 Å². The molecule has 0 bridgehead atoms. The van der Waals surface area contributed by atoms with Crippen LogP contribution in [0.2, 0.25) is 0 Å². The Labute approximate surface area is 110 Å². The van der Waals surface area contributed by atoms with Crippen molar-refractivity contribution in [3.63, 3.8) is 0 Å². The number of aromatic nitrogens is 2. The highest BCUT2D eigenvalue weighted by atomic mass is 16.5. The number of anilines is 1. The summed E-state index contributed by atoms with van der Waals surface area (Å²) in [6.07, 6.45) is 2.96. The number of nitrogens with one attached hydrogen (secondary N) is 1. The number of rotatable bonds is 7. The van der Waals surface area contributed by atoms with Gasteiger partial charge in [0.15, 0.2) is 5.82 Å². The van der Waals surface area contributed by atoms with Crippen molar-refractivity contribution in [1.29, 1.82) is 0 Å². The van der Waals surface area contributed by atoms with Gasteiger partial charge in [-0.15, -0.1) is 0 Å². The summed E-state index contributed by atoms with van der Waals surface area (Å²) >= 11 is 0. The summed E-state index contributed by atoms with van der Waals surface area (Å²) < 4.78 is 5.75. The van der Waals surface area contributed by atoms with Gasteiger partial charge in [-0.1, -0.05) is 20.3 Å². The van der Waals surface area contributed by atoms with E-state index in [0.29, 0.717) is 6.61 Å². The van der Waals surface area contributed by atoms with Crippen LogP contribution in [0.4, 0.5) is 5.82 Å². The van der Waals surface area contributed by atoms with E-state index in [-0.39, 0.29) is 6.10 Å². The zero-order chi connectivity index (χ0) is 13.5. The van der Waals surface area contributed by atoms with Crippen LogP contribution in [0.5, 0.6) is 0 Å². The van der Waals surface area contributed by atoms with Crippen LogP contribution in [0.1, 0.15) is 56.8 Å². The number of aryl methyl sites for hydroxylation is 1. The molecule has 1 rings (SSSR count). The average molecular weight is 251 g/mol. The van der Waals surface area contributed by atoms with E-state index >= 15 is 0 Å². The van der Waals surface area contributed by atoms with E-state index in [0.717, 1.165) is 42.2 Å². The fourth-order valence-electron chi connectivity index (χ4n) is 2.06. The summed E-state index contributed by atoms with van der Waals surface area (Å²) in [5.41, 5.74) is 2.24. The van der Waals surface area contributed by atoms with E-state index in [4.69, 9.17) is 4.74 Å². The molecule has 1 atom stereocenters. The average Bonchev–Trinajstić information content (AvgIpc) is 2.39. The number of hydrogen-bond donors (Lipinski definition) is 1. The van der Waals surface area contributed by atoms with Gasteiger partial charge in [0.05, 0.1) is 0 Å². The lowest BCUT2D eigenvalue weighted by atomic mass is 10.1. The SMILES string of the molecule is CCCC(OCC)c1nc(CC)c(C)c(NC)n1. The Kier molecular flexibility index (Phi) is 6.05. The van der Waals surface area contributed by atoms with Crippen LogP contribution in [0.25, 0.3) is 0 Å². The molecule has 0 aliphatic carbocycles. The molecule has 0 radical (unpaired) electrons. The first kappa shape index (κ1) is 14.9. The monoisotopic (exact) mass is 251 g/mol. The van der Waals surface area contributed by atoms with Crippen molar-refractivity contribution >= 4 is 5.82 Å². The summed E-state index contributed by atoms with van der Waals surface area (Å²) in [5, 5.41) is 3.14. The Bertz CT molecular complexity index is 348. The molecule has 18 heavy (non-hydrogen) atoms. The molecule has 0 amide bonds. The Morgan fingerprint density at radius 2 is 1.94 bits per heavy atom. The van der Waals surface area contributed by atoms with Crippen molar-refractivity contribution in [3.8, 4) is 0 Å². The van der Waals surface area contributed by atoms with Crippen molar-refractivity contribution < 1.29 is 4.74 Å². The normalized spacial score (nSPS) is 12.5. The van der Waals surface area contributed by atoms with Gasteiger partial charge in [0, 0.05) is 24.9 Å². The van der Waals surface area contributed by atoms with Crippen LogP contribution in [0.3, 0.4) is 0 Å². The first-order chi connectivity index (χ1) is 8.67. The molecule has 102 valence electrons. The zero-order valence-electron chi connectivity index (χ0n) is 12.2. The van der Waals surface area contributed by atoms with Crippen molar-refractivity contribution in [2.45, 2.75) is 53.1 Å². The third-order valence-electron chi connectivity index (χ3n) is 3.04. The predicted molar refractivity (Wildman–Crippen MR) is 75.0 cm³/mol. The summed E-state index contributed by atoms with van der Waals surface area (Å²) in [7, 11) is 1.90. The number of ether oxygens (including phenoxy) is 1. The summed E-state index contributed by atoms with van der Waals surface area (Å²) in [4.78, 5) is 9.25. The zero-order valence-corrected chi connectivity index (χ0v) is 12.2. The van der Waals surface area contributed by atoms with Crippen molar-refractivity contribution in [2.75, 3.05) is 19.0 Å². The third-order valence-corrected chi connectivity index (χ3v) is 3.04. The lowest BCUT2D eigenvalue weighted by molar-refractivity contribution is 0.0493. The van der Waals surface area contributed by atoms with E-state index in [9.17, 15) is 0 Å². The van der Waals surface area contributed by atoms with Crippen LogP contribution in [0.15, 0.2) is 0 Å². The Morgan fingerprint density at radius 1 is 1.22 bits per heavy atom. The van der Waals surface area contributed by atoms with E-state index in [2.05, 4.69) is 36.1 Å². The molecule has 0 aliphatic heterocycles. The Morgan fingerprint density at radius 3 is 2.44 bits per heavy atom. The van der Waals surface area contributed by atoms with Crippen LogP contribution in [0, 0.1) is 6.92 Å². The van der Waals surface area contributed by atoms with Gasteiger partial charge in [0.1, 0.15) is 11.9 Å². The van der Waals surface area contributed by atoms with E-state index in [1.165, 1.54) is 0 Å². The molecule has 4 heteroatoms. The molecule has 1 N–H and O–H groups in total. The lowest BCUT2D eigenvalue weighted by Crippen LogP contribution is -2.13. The lowest BCUT2D eigenvalue weighted by Gasteiger charge is -2.18. The van der Waals surface area contributed by atoms with Crippen molar-refractivity contribution in [1.82, 2.24) is 9.97 Å². The smallest absolute Gasteiger partial charge is 0.159 e. The van der Waals surface area contributed by atoms with Gasteiger partial charge in [-0.3, -0.25) is 0 Å². The molecule has 0 aliphatic rings. The highest BCUT2D eigenvalue weighted by molar-refractivity contribution is 5.45. The van der Waals surface area contributed by atoms with Gasteiger partial charge in [-0.25, -0.2) is 9.97 Å². The van der Waals surface area contributed by atoms with Crippen molar-refractivity contribution in [3.05, 3.63) is 17.1 Å². The van der Waals surface area contributed by atoms with E-state index < -0.39 is 0 Å². The molecule has 0 aromatic carbocycles. The molecule has 1 aromatic rings. The quantitative estimate of drug-likeness (QED) is 0.808. The largest absolute Gasteiger partial charge is 0.373 e. The Hall–Kier alpha value is -1.16. The van der Waals surface area contributed by atoms with Gasteiger partial charge >= 0.3 is 0 Å². The molecule has 1 unspecified atom stereocenters. The first-order valence-corrected chi connectivity index (χ1v) is 6.84. The van der Waals surface area contributed by atoms with Gasteiger partial charge in [-0.2, -0.15) is 0 Å². The van der Waals surface area contributed by atoms with E-state index in [1.54, 1.807) is 0 Å². The molecule has 0 spiro atoms. The molecule has 1 aromatic heterocycles. The minimum absolute atomic E-state index is 0.0120. The van der Waals surface area contributed by atoms with E-state index in [1.807, 2.05) is 14.0 Å². The molecule has 0 saturated carbocycles. The van der Waals surface area contributed by atoms with Gasteiger partial charge in [-0.05, 0) is 26.7 Å². The summed E-state index contributed by atoms with van der Waals surface area (Å²) in [5.74, 6) is 1.73. The maximum Gasteiger partial charge on any atom is 0.159 e. The number of hydrogen-bond acceptors (Lipinski definition) is 4. The maximum absolute atomic E-state index is 5.75. The second kappa shape index (κ2) is 7.31. The number of nitrogens with zero attached hydrogens (tertiary/aromatic N) is 2. The summed E-state index contributed by atoms with van der Waals surface area (Å²) in [6.45, 7) is 9.03. The third kappa shape index (κ3) is 3.42. The highest BCUT2D eigenvalue weighted by Gasteiger charge is 2.17. The molecule has 0 saturated heterocycles.